The van der Waals surface area contributed by atoms with Gasteiger partial charge in [0.05, 0.1) is 11.8 Å². The van der Waals surface area contributed by atoms with E-state index in [1.54, 1.807) is 4.68 Å². The van der Waals surface area contributed by atoms with Crippen molar-refractivity contribution in [2.75, 3.05) is 0 Å². The Morgan fingerprint density at radius 2 is 2.26 bits per heavy atom. The predicted octanol–water partition coefficient (Wildman–Crippen LogP) is 1.53. The van der Waals surface area contributed by atoms with E-state index in [1.807, 2.05) is 13.8 Å². The van der Waals surface area contributed by atoms with Gasteiger partial charge < -0.3 is 9.84 Å². The second-order valence-electron chi connectivity index (χ2n) is 4.22. The van der Waals surface area contributed by atoms with E-state index in [9.17, 15) is 4.79 Å². The molecule has 2 rings (SSSR count). The number of carbonyl (C=O) groups is 1. The highest BCUT2D eigenvalue weighted by molar-refractivity contribution is 5.87. The molecule has 0 spiro atoms. The summed E-state index contributed by atoms with van der Waals surface area (Å²) in [5, 5.41) is 12.9. The quantitative estimate of drug-likeness (QED) is 0.878. The Morgan fingerprint density at radius 1 is 1.47 bits per heavy atom. The van der Waals surface area contributed by atoms with Crippen molar-refractivity contribution in [2.45, 2.75) is 26.5 Å². The highest BCUT2D eigenvalue weighted by atomic mass is 16.5. The summed E-state index contributed by atoms with van der Waals surface area (Å²) in [7, 11) is 0. The molecule has 0 saturated heterocycles. The largest absolute Gasteiger partial charge is 0.484 e. The molecule has 0 saturated carbocycles. The molecule has 0 aliphatic carbocycles. The maximum absolute atomic E-state index is 10.8. The first-order chi connectivity index (χ1) is 9.08. The number of ether oxygens (including phenoxy) is 1. The second-order valence-corrected chi connectivity index (χ2v) is 4.22. The number of pyridine rings is 1. The van der Waals surface area contributed by atoms with Gasteiger partial charge in [0.2, 0.25) is 0 Å². The van der Waals surface area contributed by atoms with Crippen LogP contribution in [-0.4, -0.2) is 30.8 Å². The first kappa shape index (κ1) is 13.0. The van der Waals surface area contributed by atoms with Crippen LogP contribution in [0.25, 0.3) is 0 Å². The summed E-state index contributed by atoms with van der Waals surface area (Å²) >= 11 is 0. The third kappa shape index (κ3) is 3.06. The lowest BCUT2D eigenvalue weighted by atomic mass is 10.3. The Balaban J connectivity index is 2.08. The molecule has 0 unspecified atom stereocenters. The van der Waals surface area contributed by atoms with E-state index in [2.05, 4.69) is 15.1 Å². The van der Waals surface area contributed by atoms with Gasteiger partial charge in [-0.15, -0.1) is 0 Å². The number of rotatable bonds is 5. The molecule has 0 bridgehead atoms. The Hall–Kier alpha value is -2.44. The van der Waals surface area contributed by atoms with Crippen molar-refractivity contribution >= 4 is 5.97 Å². The molecule has 0 aliphatic heterocycles. The van der Waals surface area contributed by atoms with Gasteiger partial charge in [-0.2, -0.15) is 5.10 Å². The van der Waals surface area contributed by atoms with Crippen LogP contribution >= 0.6 is 0 Å². The van der Waals surface area contributed by atoms with Crippen molar-refractivity contribution < 1.29 is 14.6 Å². The zero-order valence-electron chi connectivity index (χ0n) is 10.6. The summed E-state index contributed by atoms with van der Waals surface area (Å²) in [6.45, 7) is 4.19. The number of carboxylic acid groups (broad SMARTS) is 1. The van der Waals surface area contributed by atoms with E-state index >= 15 is 0 Å². The molecule has 0 fully saturated rings. The minimum atomic E-state index is -1.04. The van der Waals surface area contributed by atoms with Crippen molar-refractivity contribution in [2.24, 2.45) is 0 Å². The van der Waals surface area contributed by atoms with Crippen LogP contribution < -0.4 is 4.74 Å². The number of hydrogen-bond donors (Lipinski definition) is 1. The first-order valence-corrected chi connectivity index (χ1v) is 5.77. The SMILES string of the molecule is CC(C)n1ncnc1COc1cncc(C(=O)O)c1. The van der Waals surface area contributed by atoms with Crippen molar-refractivity contribution in [1.82, 2.24) is 19.7 Å². The van der Waals surface area contributed by atoms with Gasteiger partial charge in [-0.3, -0.25) is 4.98 Å². The molecule has 2 heterocycles. The van der Waals surface area contributed by atoms with Gasteiger partial charge in [-0.05, 0) is 19.9 Å². The molecule has 7 nitrogen and oxygen atoms in total. The van der Waals surface area contributed by atoms with Crippen LogP contribution in [0.2, 0.25) is 0 Å². The molecule has 2 aromatic heterocycles. The lowest BCUT2D eigenvalue weighted by Crippen LogP contribution is -2.11. The van der Waals surface area contributed by atoms with Crippen molar-refractivity contribution in [3.05, 3.63) is 36.2 Å². The van der Waals surface area contributed by atoms with Crippen LogP contribution in [0.5, 0.6) is 5.75 Å². The topological polar surface area (TPSA) is 90.1 Å². The summed E-state index contributed by atoms with van der Waals surface area (Å²) in [4.78, 5) is 18.7. The number of aromatic nitrogens is 4. The lowest BCUT2D eigenvalue weighted by Gasteiger charge is -2.10. The van der Waals surface area contributed by atoms with Crippen LogP contribution in [0.1, 0.15) is 36.1 Å². The molecule has 19 heavy (non-hydrogen) atoms. The number of carboxylic acids is 1. The van der Waals surface area contributed by atoms with Crippen LogP contribution in [0, 0.1) is 0 Å². The fourth-order valence-electron chi connectivity index (χ4n) is 1.57. The second kappa shape index (κ2) is 5.47. The smallest absolute Gasteiger partial charge is 0.337 e. The van der Waals surface area contributed by atoms with Crippen LogP contribution in [0.4, 0.5) is 0 Å². The lowest BCUT2D eigenvalue weighted by molar-refractivity contribution is 0.0696. The van der Waals surface area contributed by atoms with E-state index < -0.39 is 5.97 Å². The zero-order valence-corrected chi connectivity index (χ0v) is 10.6. The molecule has 1 N–H and O–H groups in total. The maximum atomic E-state index is 10.8. The summed E-state index contributed by atoms with van der Waals surface area (Å²) in [5.74, 6) is 0.0252. The molecule has 0 atom stereocenters. The molecule has 0 aliphatic rings. The molecular formula is C12H14N4O3. The highest BCUT2D eigenvalue weighted by Crippen LogP contribution is 2.14. The molecule has 0 amide bonds. The molecule has 0 aromatic carbocycles. The van der Waals surface area contributed by atoms with Gasteiger partial charge >= 0.3 is 5.97 Å². The summed E-state index contributed by atoms with van der Waals surface area (Å²) in [6.07, 6.45) is 4.19. The summed E-state index contributed by atoms with van der Waals surface area (Å²) < 4.78 is 7.23. The normalized spacial score (nSPS) is 10.7. The Kier molecular flexibility index (Phi) is 3.74. The van der Waals surface area contributed by atoms with E-state index in [1.165, 1.54) is 24.8 Å². The molecule has 0 radical (unpaired) electrons. The van der Waals surface area contributed by atoms with Gasteiger partial charge in [0.1, 0.15) is 18.7 Å². The van der Waals surface area contributed by atoms with Crippen LogP contribution in [0.15, 0.2) is 24.8 Å². The van der Waals surface area contributed by atoms with Gasteiger partial charge in [-0.25, -0.2) is 14.5 Å². The third-order valence-electron chi connectivity index (χ3n) is 2.46. The molecular weight excluding hydrogens is 248 g/mol. The summed E-state index contributed by atoms with van der Waals surface area (Å²) in [5.41, 5.74) is 0.0860. The molecule has 100 valence electrons. The van der Waals surface area contributed by atoms with Crippen LogP contribution in [-0.2, 0) is 6.61 Å². The average molecular weight is 262 g/mol. The molecule has 2 aromatic rings. The Labute approximate surface area is 109 Å². The van der Waals surface area contributed by atoms with Gasteiger partial charge in [0.25, 0.3) is 0 Å². The standard InChI is InChI=1S/C12H14N4O3/c1-8(2)16-11(14-7-15-16)6-19-10-3-9(12(17)18)4-13-5-10/h3-5,7-8H,6H2,1-2H3,(H,17,18). The predicted molar refractivity (Wildman–Crippen MR) is 65.9 cm³/mol. The molecule has 7 heteroatoms. The number of nitrogens with zero attached hydrogens (tertiary/aromatic N) is 4. The van der Waals surface area contributed by atoms with Crippen molar-refractivity contribution in [1.29, 1.82) is 0 Å². The zero-order chi connectivity index (χ0) is 13.8. The fourth-order valence-corrected chi connectivity index (χ4v) is 1.57. The minimum Gasteiger partial charge on any atom is -0.484 e. The van der Waals surface area contributed by atoms with Crippen LogP contribution in [0.3, 0.4) is 0 Å². The van der Waals surface area contributed by atoms with E-state index in [0.717, 1.165) is 0 Å². The van der Waals surface area contributed by atoms with Crippen molar-refractivity contribution in [3.63, 3.8) is 0 Å². The maximum Gasteiger partial charge on any atom is 0.337 e. The van der Waals surface area contributed by atoms with Crippen molar-refractivity contribution in [3.8, 4) is 5.75 Å². The highest BCUT2D eigenvalue weighted by Gasteiger charge is 2.09. The Bertz CT molecular complexity index is 580. The minimum absolute atomic E-state index is 0.0860. The third-order valence-corrected chi connectivity index (χ3v) is 2.46. The summed E-state index contributed by atoms with van der Waals surface area (Å²) in [6, 6.07) is 1.61. The number of hydrogen-bond acceptors (Lipinski definition) is 5. The van der Waals surface area contributed by atoms with E-state index in [-0.39, 0.29) is 18.2 Å². The first-order valence-electron chi connectivity index (χ1n) is 5.77. The van der Waals surface area contributed by atoms with Gasteiger partial charge in [0.15, 0.2) is 5.82 Å². The monoisotopic (exact) mass is 262 g/mol. The van der Waals surface area contributed by atoms with E-state index in [4.69, 9.17) is 9.84 Å². The van der Waals surface area contributed by atoms with Gasteiger partial charge in [0, 0.05) is 12.2 Å². The average Bonchev–Trinajstić information content (AvgIpc) is 2.85. The Morgan fingerprint density at radius 3 is 2.95 bits per heavy atom. The van der Waals surface area contributed by atoms with Gasteiger partial charge in [-0.1, -0.05) is 0 Å². The van der Waals surface area contributed by atoms with E-state index in [0.29, 0.717) is 11.6 Å². The number of aromatic carboxylic acids is 1. The fraction of sp³-hybridized carbons (Fsp3) is 0.333.